The van der Waals surface area contributed by atoms with Gasteiger partial charge in [-0.15, -0.1) is 0 Å². The topological polar surface area (TPSA) is 178 Å². The number of rotatable bonds is 13. The number of nitrogens with one attached hydrogen (secondary N) is 4. The number of hydrogen-bond acceptors (Lipinski definition) is 6. The Morgan fingerprint density at radius 3 is 2.45 bits per heavy atom. The molecule has 1 rings (SSSR count). The number of carbonyl (C=O) groups excluding carboxylic acids is 3. The lowest BCUT2D eigenvalue weighted by molar-refractivity contribution is -0.144. The van der Waals surface area contributed by atoms with E-state index in [0.29, 0.717) is 38.8 Å². The van der Waals surface area contributed by atoms with Gasteiger partial charge >= 0.3 is 5.97 Å². The van der Waals surface area contributed by atoms with E-state index in [0.717, 1.165) is 0 Å². The number of amides is 3. The first-order valence-electron chi connectivity index (χ1n) is 11.4. The van der Waals surface area contributed by atoms with Crippen LogP contribution in [0.15, 0.2) is 0 Å². The van der Waals surface area contributed by atoms with Crippen LogP contribution >= 0.6 is 12.6 Å². The SMILES string of the molecule is CC[C@H](C)[C@H](NC(=O)[C@H](CCCNC(=N)N)NC(=O)[C@H]1CCCN1C(=O)CC(C)S)C(=O)O. The van der Waals surface area contributed by atoms with E-state index in [-0.39, 0.29) is 35.9 Å². The van der Waals surface area contributed by atoms with E-state index in [1.807, 2.05) is 6.92 Å². The zero-order valence-electron chi connectivity index (χ0n) is 19.6. The second-order valence-electron chi connectivity index (χ2n) is 8.55. The summed E-state index contributed by atoms with van der Waals surface area (Å²) in [6, 6.07) is -2.75. The van der Waals surface area contributed by atoms with Gasteiger partial charge in [-0.3, -0.25) is 19.8 Å². The number of guanidine groups is 1. The van der Waals surface area contributed by atoms with Gasteiger partial charge in [0.2, 0.25) is 17.7 Å². The lowest BCUT2D eigenvalue weighted by Gasteiger charge is -2.28. The number of carboxylic acid groups (broad SMARTS) is 1. The van der Waals surface area contributed by atoms with Crippen LogP contribution in [0.1, 0.15) is 59.3 Å². The first kappa shape index (κ1) is 28.5. The van der Waals surface area contributed by atoms with E-state index in [1.165, 1.54) is 4.90 Å². The Hall–Kier alpha value is -2.50. The second kappa shape index (κ2) is 13.9. The summed E-state index contributed by atoms with van der Waals surface area (Å²) >= 11 is 4.25. The van der Waals surface area contributed by atoms with Crippen LogP contribution in [0.5, 0.6) is 0 Å². The van der Waals surface area contributed by atoms with E-state index >= 15 is 0 Å². The van der Waals surface area contributed by atoms with Crippen molar-refractivity contribution in [3.8, 4) is 0 Å². The van der Waals surface area contributed by atoms with Crippen LogP contribution < -0.4 is 21.7 Å². The third-order valence-electron chi connectivity index (χ3n) is 5.74. The predicted octanol–water partition coefficient (Wildman–Crippen LogP) is 0.0494. The summed E-state index contributed by atoms with van der Waals surface area (Å²) in [4.78, 5) is 51.6. The Morgan fingerprint density at radius 1 is 1.24 bits per heavy atom. The van der Waals surface area contributed by atoms with E-state index in [2.05, 4.69) is 28.6 Å². The fourth-order valence-corrected chi connectivity index (χ4v) is 3.87. The Bertz CT molecular complexity index is 719. The first-order chi connectivity index (χ1) is 15.5. The molecule has 0 saturated carbocycles. The molecule has 0 aromatic carbocycles. The summed E-state index contributed by atoms with van der Waals surface area (Å²) in [6.07, 6.45) is 2.55. The molecule has 0 aromatic heterocycles. The number of carbonyl (C=O) groups is 4. The molecule has 1 heterocycles. The average molecular weight is 487 g/mol. The van der Waals surface area contributed by atoms with E-state index in [9.17, 15) is 24.3 Å². The smallest absolute Gasteiger partial charge is 0.326 e. The van der Waals surface area contributed by atoms with Gasteiger partial charge in [0.1, 0.15) is 18.1 Å². The number of likely N-dealkylation sites (tertiary alicyclic amines) is 1. The van der Waals surface area contributed by atoms with Crippen molar-refractivity contribution in [1.82, 2.24) is 20.9 Å². The standard InChI is InChI=1S/C21H38N6O5S/c1-4-12(2)17(20(31)32)26-18(29)14(7-5-9-24-21(22)23)25-19(30)15-8-6-10-27(15)16(28)11-13(3)33/h12-15,17,33H,4-11H2,1-3H3,(H,25,30)(H,26,29)(H,31,32)(H4,22,23,24)/t12-,13?,14-,15+,17-/m0/s1. The molecule has 0 radical (unpaired) electrons. The van der Waals surface area contributed by atoms with E-state index < -0.39 is 35.9 Å². The molecule has 12 heteroatoms. The molecule has 5 atom stereocenters. The largest absolute Gasteiger partial charge is 0.480 e. The lowest BCUT2D eigenvalue weighted by atomic mass is 9.98. The normalized spacial score (nSPS) is 19.2. The molecular formula is C21H38N6O5S. The number of thiol groups is 1. The zero-order valence-corrected chi connectivity index (χ0v) is 20.5. The molecule has 1 unspecified atom stereocenters. The molecule has 3 amide bonds. The highest BCUT2D eigenvalue weighted by molar-refractivity contribution is 7.80. The quantitative estimate of drug-likeness (QED) is 0.0832. The van der Waals surface area contributed by atoms with Crippen molar-refractivity contribution >= 4 is 42.3 Å². The van der Waals surface area contributed by atoms with Gasteiger partial charge in [0, 0.05) is 24.8 Å². The highest BCUT2D eigenvalue weighted by atomic mass is 32.1. The number of nitrogens with zero attached hydrogens (tertiary/aromatic N) is 1. The molecule has 188 valence electrons. The van der Waals surface area contributed by atoms with Gasteiger partial charge < -0.3 is 31.7 Å². The van der Waals surface area contributed by atoms with Crippen LogP contribution in [-0.4, -0.2) is 76.1 Å². The fraction of sp³-hybridized carbons (Fsp3) is 0.762. The highest BCUT2D eigenvalue weighted by Crippen LogP contribution is 2.20. The van der Waals surface area contributed by atoms with Crippen LogP contribution in [0.3, 0.4) is 0 Å². The van der Waals surface area contributed by atoms with Gasteiger partial charge in [0.05, 0.1) is 0 Å². The van der Waals surface area contributed by atoms with E-state index in [1.54, 1.807) is 13.8 Å². The Kier molecular flexibility index (Phi) is 12.0. The zero-order chi connectivity index (χ0) is 25.1. The van der Waals surface area contributed by atoms with Crippen LogP contribution in [-0.2, 0) is 19.2 Å². The molecule has 0 aromatic rings. The molecule has 11 nitrogen and oxygen atoms in total. The van der Waals surface area contributed by atoms with Crippen LogP contribution in [0.2, 0.25) is 0 Å². The minimum absolute atomic E-state index is 0.136. The van der Waals surface area contributed by atoms with Gasteiger partial charge in [-0.05, 0) is 31.6 Å². The number of carboxylic acids is 1. The van der Waals surface area contributed by atoms with E-state index in [4.69, 9.17) is 11.1 Å². The van der Waals surface area contributed by atoms with Crippen molar-refractivity contribution in [2.75, 3.05) is 13.1 Å². The van der Waals surface area contributed by atoms with Crippen molar-refractivity contribution in [1.29, 1.82) is 5.41 Å². The van der Waals surface area contributed by atoms with Gasteiger partial charge in [-0.25, -0.2) is 4.79 Å². The maximum Gasteiger partial charge on any atom is 0.326 e. The minimum atomic E-state index is -1.14. The summed E-state index contributed by atoms with van der Waals surface area (Å²) in [5, 5.41) is 24.5. The predicted molar refractivity (Wildman–Crippen MR) is 128 cm³/mol. The Morgan fingerprint density at radius 2 is 1.91 bits per heavy atom. The Labute approximate surface area is 200 Å². The maximum atomic E-state index is 13.0. The monoisotopic (exact) mass is 486 g/mol. The molecule has 0 aliphatic carbocycles. The van der Waals surface area contributed by atoms with Crippen molar-refractivity contribution in [3.63, 3.8) is 0 Å². The molecule has 1 fully saturated rings. The number of aliphatic carboxylic acids is 1. The van der Waals surface area contributed by atoms with Crippen LogP contribution in [0.4, 0.5) is 0 Å². The summed E-state index contributed by atoms with van der Waals surface area (Å²) < 4.78 is 0. The van der Waals surface area contributed by atoms with Gasteiger partial charge in [-0.2, -0.15) is 12.6 Å². The fourth-order valence-electron chi connectivity index (χ4n) is 3.71. The summed E-state index contributed by atoms with van der Waals surface area (Å²) in [6.45, 7) is 6.14. The first-order valence-corrected chi connectivity index (χ1v) is 11.9. The van der Waals surface area contributed by atoms with Gasteiger partial charge in [0.25, 0.3) is 0 Å². The maximum absolute atomic E-state index is 13.0. The molecule has 33 heavy (non-hydrogen) atoms. The number of nitrogens with two attached hydrogens (primary N) is 1. The second-order valence-corrected chi connectivity index (χ2v) is 9.43. The third kappa shape index (κ3) is 9.48. The number of hydrogen-bond donors (Lipinski definition) is 7. The minimum Gasteiger partial charge on any atom is -0.480 e. The summed E-state index contributed by atoms with van der Waals surface area (Å²) in [5.41, 5.74) is 5.27. The summed E-state index contributed by atoms with van der Waals surface area (Å²) in [7, 11) is 0. The molecule has 1 saturated heterocycles. The van der Waals surface area contributed by atoms with Gasteiger partial charge in [0.15, 0.2) is 5.96 Å². The molecule has 7 N–H and O–H groups in total. The molecule has 1 aliphatic heterocycles. The molecular weight excluding hydrogens is 448 g/mol. The van der Waals surface area contributed by atoms with Crippen molar-refractivity contribution in [3.05, 3.63) is 0 Å². The molecule has 1 aliphatic rings. The van der Waals surface area contributed by atoms with Crippen LogP contribution in [0, 0.1) is 11.3 Å². The van der Waals surface area contributed by atoms with Crippen molar-refractivity contribution < 1.29 is 24.3 Å². The van der Waals surface area contributed by atoms with Crippen molar-refractivity contribution in [2.24, 2.45) is 11.7 Å². The summed E-state index contributed by atoms with van der Waals surface area (Å²) in [5.74, 6) is -2.85. The van der Waals surface area contributed by atoms with Gasteiger partial charge in [-0.1, -0.05) is 27.2 Å². The molecule has 0 bridgehead atoms. The average Bonchev–Trinajstić information content (AvgIpc) is 3.22. The van der Waals surface area contributed by atoms with Crippen molar-refractivity contribution in [2.45, 2.75) is 82.7 Å². The lowest BCUT2D eigenvalue weighted by Crippen LogP contribution is -2.56. The third-order valence-corrected chi connectivity index (χ3v) is 5.92. The molecule has 0 spiro atoms. The Balaban J connectivity index is 2.92. The highest BCUT2D eigenvalue weighted by Gasteiger charge is 2.36. The van der Waals surface area contributed by atoms with Crippen LogP contribution in [0.25, 0.3) is 0 Å².